The first-order valence-electron chi connectivity index (χ1n) is 7.29. The van der Waals surface area contributed by atoms with Gasteiger partial charge in [-0.15, -0.1) is 0 Å². The molecule has 1 aromatic heterocycles. The first-order chi connectivity index (χ1) is 10.1. The summed E-state index contributed by atoms with van der Waals surface area (Å²) in [7, 11) is 0. The minimum atomic E-state index is 0.304. The summed E-state index contributed by atoms with van der Waals surface area (Å²) < 4.78 is 0. The molecule has 1 N–H and O–H groups in total. The lowest BCUT2D eigenvalue weighted by Gasteiger charge is -2.17. The Hall–Kier alpha value is -2.34. The predicted octanol–water partition coefficient (Wildman–Crippen LogP) is 4.00. The van der Waals surface area contributed by atoms with E-state index in [0.717, 1.165) is 29.9 Å². The summed E-state index contributed by atoms with van der Waals surface area (Å²) in [6.45, 7) is 5.98. The molecule has 1 aromatic carbocycles. The Bertz CT molecular complexity index is 642. The maximum atomic E-state index is 9.28. The van der Waals surface area contributed by atoms with Crippen molar-refractivity contribution in [3.63, 3.8) is 0 Å². The number of hydrogen-bond donors (Lipinski definition) is 1. The van der Waals surface area contributed by atoms with E-state index in [4.69, 9.17) is 0 Å². The Labute approximate surface area is 126 Å². The lowest BCUT2D eigenvalue weighted by Crippen LogP contribution is -2.17. The molecule has 0 amide bonds. The molecule has 0 spiro atoms. The van der Waals surface area contributed by atoms with E-state index in [2.05, 4.69) is 47.6 Å². The van der Waals surface area contributed by atoms with Gasteiger partial charge in [0.15, 0.2) is 0 Å². The minimum absolute atomic E-state index is 0.304. The molecule has 21 heavy (non-hydrogen) atoms. The summed E-state index contributed by atoms with van der Waals surface area (Å²) in [6, 6.07) is 15.0. The number of aryl methyl sites for hydroxylation is 3. The summed E-state index contributed by atoms with van der Waals surface area (Å²) in [4.78, 5) is 4.34. The molecule has 2 aromatic rings. The van der Waals surface area contributed by atoms with Crippen molar-refractivity contribution in [1.82, 2.24) is 4.98 Å². The van der Waals surface area contributed by atoms with Gasteiger partial charge in [-0.25, -0.2) is 0 Å². The van der Waals surface area contributed by atoms with Gasteiger partial charge >= 0.3 is 0 Å². The fourth-order valence-electron chi connectivity index (χ4n) is 2.45. The van der Waals surface area contributed by atoms with E-state index in [1.165, 1.54) is 5.56 Å². The quantitative estimate of drug-likeness (QED) is 0.899. The highest BCUT2D eigenvalue weighted by Crippen LogP contribution is 2.20. The van der Waals surface area contributed by atoms with Crippen molar-refractivity contribution in [2.45, 2.75) is 39.7 Å². The molecular weight excluding hydrogens is 258 g/mol. The first kappa shape index (κ1) is 15.1. The van der Waals surface area contributed by atoms with Gasteiger partial charge < -0.3 is 5.32 Å². The van der Waals surface area contributed by atoms with Crippen LogP contribution in [0.25, 0.3) is 0 Å². The number of anilines is 1. The molecule has 108 valence electrons. The van der Waals surface area contributed by atoms with Gasteiger partial charge in [0.25, 0.3) is 0 Å². The maximum absolute atomic E-state index is 9.28. The van der Waals surface area contributed by atoms with E-state index in [-0.39, 0.29) is 0 Å². The van der Waals surface area contributed by atoms with Gasteiger partial charge in [0.1, 0.15) is 6.07 Å². The van der Waals surface area contributed by atoms with Crippen molar-refractivity contribution in [3.05, 3.63) is 58.9 Å². The van der Waals surface area contributed by atoms with E-state index in [9.17, 15) is 5.26 Å². The minimum Gasteiger partial charge on any atom is -0.381 e. The highest BCUT2D eigenvalue weighted by Gasteiger charge is 2.10. The molecule has 0 aliphatic carbocycles. The normalized spacial score (nSPS) is 11.7. The van der Waals surface area contributed by atoms with Crippen LogP contribution < -0.4 is 5.32 Å². The number of nitrogens with one attached hydrogen (secondary N) is 1. The van der Waals surface area contributed by atoms with Crippen LogP contribution >= 0.6 is 0 Å². The monoisotopic (exact) mass is 279 g/mol. The van der Waals surface area contributed by atoms with Crippen molar-refractivity contribution in [2.24, 2.45) is 0 Å². The van der Waals surface area contributed by atoms with Gasteiger partial charge in [-0.1, -0.05) is 30.3 Å². The van der Waals surface area contributed by atoms with E-state index < -0.39 is 0 Å². The van der Waals surface area contributed by atoms with Gasteiger partial charge in [-0.3, -0.25) is 4.98 Å². The van der Waals surface area contributed by atoms with E-state index >= 15 is 0 Å². The third-order valence-electron chi connectivity index (χ3n) is 3.55. The zero-order valence-corrected chi connectivity index (χ0v) is 12.9. The number of pyridine rings is 1. The summed E-state index contributed by atoms with van der Waals surface area (Å²) in [5.41, 5.74) is 4.60. The zero-order chi connectivity index (χ0) is 15.2. The maximum Gasteiger partial charge on any atom is 0.103 e. The van der Waals surface area contributed by atoms with E-state index in [0.29, 0.717) is 11.6 Å². The van der Waals surface area contributed by atoms with Crippen LogP contribution in [-0.2, 0) is 6.42 Å². The molecule has 3 nitrogen and oxygen atoms in total. The molecule has 0 saturated heterocycles. The van der Waals surface area contributed by atoms with Gasteiger partial charge in [0.2, 0.25) is 0 Å². The molecule has 0 bridgehead atoms. The summed E-state index contributed by atoms with van der Waals surface area (Å²) in [6.07, 6.45) is 2.05. The summed E-state index contributed by atoms with van der Waals surface area (Å²) in [5, 5.41) is 12.7. The Morgan fingerprint density at radius 2 is 1.95 bits per heavy atom. The van der Waals surface area contributed by atoms with Crippen LogP contribution in [0.5, 0.6) is 0 Å². The van der Waals surface area contributed by atoms with Crippen LogP contribution in [0.4, 0.5) is 5.69 Å². The largest absolute Gasteiger partial charge is 0.381 e. The van der Waals surface area contributed by atoms with Crippen LogP contribution in [0.1, 0.15) is 35.9 Å². The van der Waals surface area contributed by atoms with E-state index in [1.54, 1.807) is 0 Å². The highest BCUT2D eigenvalue weighted by atomic mass is 14.9. The fourth-order valence-corrected chi connectivity index (χ4v) is 2.45. The van der Waals surface area contributed by atoms with Crippen molar-refractivity contribution in [1.29, 1.82) is 5.26 Å². The average Bonchev–Trinajstić information content (AvgIpc) is 2.46. The molecule has 1 heterocycles. The van der Waals surface area contributed by atoms with Crippen LogP contribution in [0, 0.1) is 25.2 Å². The summed E-state index contributed by atoms with van der Waals surface area (Å²) >= 11 is 0. The smallest absolute Gasteiger partial charge is 0.103 e. The molecule has 0 saturated carbocycles. The summed E-state index contributed by atoms with van der Waals surface area (Å²) in [5.74, 6) is 0. The number of rotatable bonds is 5. The van der Waals surface area contributed by atoms with Crippen LogP contribution in [0.15, 0.2) is 36.4 Å². The van der Waals surface area contributed by atoms with Gasteiger partial charge in [-0.05, 0) is 45.2 Å². The van der Waals surface area contributed by atoms with Gasteiger partial charge in [0, 0.05) is 11.7 Å². The van der Waals surface area contributed by atoms with Crippen molar-refractivity contribution in [3.8, 4) is 6.07 Å². The highest BCUT2D eigenvalue weighted by molar-refractivity contribution is 5.60. The predicted molar refractivity (Wildman–Crippen MR) is 86.3 cm³/mol. The third-order valence-corrected chi connectivity index (χ3v) is 3.55. The topological polar surface area (TPSA) is 48.7 Å². The number of nitrogens with zero attached hydrogens (tertiary/aromatic N) is 2. The standard InChI is InChI=1S/C18H21N3/c1-13(9-10-16-7-5-4-6-8-16)21-18-11-14(2)20-15(3)17(18)12-19/h4-8,11,13H,9-10H2,1-3H3,(H,20,21). The Balaban J connectivity index is 2.03. The lowest BCUT2D eigenvalue weighted by molar-refractivity contribution is 0.705. The SMILES string of the molecule is Cc1cc(NC(C)CCc2ccccc2)c(C#N)c(C)n1. The second kappa shape index (κ2) is 6.90. The molecule has 0 aliphatic heterocycles. The number of benzene rings is 1. The molecule has 0 aliphatic rings. The van der Waals surface area contributed by atoms with Crippen molar-refractivity contribution >= 4 is 5.69 Å². The Kier molecular flexibility index (Phi) is 4.94. The number of aromatic nitrogens is 1. The lowest BCUT2D eigenvalue weighted by atomic mass is 10.1. The molecule has 1 atom stereocenters. The first-order valence-corrected chi connectivity index (χ1v) is 7.29. The van der Waals surface area contributed by atoms with Crippen molar-refractivity contribution < 1.29 is 0 Å². The average molecular weight is 279 g/mol. The molecule has 2 rings (SSSR count). The molecule has 0 fully saturated rings. The molecule has 3 heteroatoms. The van der Waals surface area contributed by atoms with E-state index in [1.807, 2.05) is 26.0 Å². The van der Waals surface area contributed by atoms with Crippen molar-refractivity contribution in [2.75, 3.05) is 5.32 Å². The molecular formula is C18H21N3. The fraction of sp³-hybridized carbons (Fsp3) is 0.333. The van der Waals surface area contributed by atoms with Crippen LogP contribution in [0.3, 0.4) is 0 Å². The Morgan fingerprint density at radius 1 is 1.24 bits per heavy atom. The Morgan fingerprint density at radius 3 is 2.62 bits per heavy atom. The van der Waals surface area contributed by atoms with Gasteiger partial charge in [-0.2, -0.15) is 5.26 Å². The number of hydrogen-bond acceptors (Lipinski definition) is 3. The molecule has 1 unspecified atom stereocenters. The number of nitriles is 1. The third kappa shape index (κ3) is 4.06. The molecule has 0 radical (unpaired) electrons. The zero-order valence-electron chi connectivity index (χ0n) is 12.9. The van der Waals surface area contributed by atoms with Crippen LogP contribution in [0.2, 0.25) is 0 Å². The van der Waals surface area contributed by atoms with Crippen LogP contribution in [-0.4, -0.2) is 11.0 Å². The van der Waals surface area contributed by atoms with Gasteiger partial charge in [0.05, 0.1) is 16.9 Å². The second-order valence-electron chi connectivity index (χ2n) is 5.45. The second-order valence-corrected chi connectivity index (χ2v) is 5.45.